The summed E-state index contributed by atoms with van der Waals surface area (Å²) < 4.78 is 22.6. The zero-order valence-electron chi connectivity index (χ0n) is 9.86. The largest absolute Gasteiger partial charge is 0.329 e. The van der Waals surface area contributed by atoms with Crippen molar-refractivity contribution in [2.45, 2.75) is 26.3 Å². The Hall–Kier alpha value is -0.130. The second kappa shape index (κ2) is 4.39. The molecule has 1 aliphatic rings. The number of sulfone groups is 1. The fraction of sp³-hybridized carbons (Fsp3) is 1.00. The second-order valence-electron chi connectivity index (χ2n) is 4.85. The van der Waals surface area contributed by atoms with Crippen LogP contribution < -0.4 is 5.73 Å². The second-order valence-corrected chi connectivity index (χ2v) is 7.16. The molecule has 1 heterocycles. The summed E-state index contributed by atoms with van der Waals surface area (Å²) in [4.78, 5) is 2.22. The molecule has 90 valence electrons. The molecule has 4 nitrogen and oxygen atoms in total. The van der Waals surface area contributed by atoms with Crippen LogP contribution in [0.2, 0.25) is 0 Å². The minimum absolute atomic E-state index is 0.0735. The van der Waals surface area contributed by atoms with Gasteiger partial charge in [0, 0.05) is 25.2 Å². The van der Waals surface area contributed by atoms with Gasteiger partial charge in [0.15, 0.2) is 9.84 Å². The highest BCUT2D eigenvalue weighted by atomic mass is 32.2. The van der Waals surface area contributed by atoms with Gasteiger partial charge in [-0.15, -0.1) is 0 Å². The van der Waals surface area contributed by atoms with Crippen LogP contribution in [-0.4, -0.2) is 50.0 Å². The fourth-order valence-corrected chi connectivity index (χ4v) is 3.15. The first-order valence-corrected chi connectivity index (χ1v) is 7.29. The van der Waals surface area contributed by atoms with Gasteiger partial charge in [0.2, 0.25) is 0 Å². The number of nitrogens with zero attached hydrogens (tertiary/aromatic N) is 1. The third-order valence-electron chi connectivity index (χ3n) is 3.72. The minimum Gasteiger partial charge on any atom is -0.329 e. The Bertz CT molecular complexity index is 299. The molecule has 2 N–H and O–H groups in total. The molecule has 0 amide bonds. The molecule has 0 aliphatic carbocycles. The normalized spacial score (nSPS) is 26.5. The van der Waals surface area contributed by atoms with E-state index in [1.54, 1.807) is 0 Å². The van der Waals surface area contributed by atoms with E-state index in [9.17, 15) is 8.42 Å². The van der Waals surface area contributed by atoms with E-state index in [4.69, 9.17) is 5.73 Å². The van der Waals surface area contributed by atoms with Crippen LogP contribution in [0.25, 0.3) is 0 Å². The molecule has 0 aromatic heterocycles. The SMILES string of the molecule is CC(C)C(C)(CN)N1CCS(=O)(=O)CC1. The summed E-state index contributed by atoms with van der Waals surface area (Å²) in [6.45, 7) is 8.20. The molecule has 0 aromatic carbocycles. The highest BCUT2D eigenvalue weighted by molar-refractivity contribution is 7.91. The Balaban J connectivity index is 2.74. The predicted octanol–water partition coefficient (Wildman–Crippen LogP) is 0.0902. The van der Waals surface area contributed by atoms with E-state index in [2.05, 4.69) is 25.7 Å². The smallest absolute Gasteiger partial charge is 0.152 e. The zero-order chi connectivity index (χ0) is 11.7. The molecule has 0 spiro atoms. The Kier molecular flexibility index (Phi) is 3.79. The van der Waals surface area contributed by atoms with Crippen molar-refractivity contribution in [3.63, 3.8) is 0 Å². The molecule has 1 aliphatic heterocycles. The summed E-state index contributed by atoms with van der Waals surface area (Å²) in [5.41, 5.74) is 5.74. The van der Waals surface area contributed by atoms with Crippen molar-refractivity contribution in [2.75, 3.05) is 31.1 Å². The van der Waals surface area contributed by atoms with Crippen LogP contribution in [0, 0.1) is 5.92 Å². The van der Waals surface area contributed by atoms with Crippen molar-refractivity contribution in [1.82, 2.24) is 4.90 Å². The highest BCUT2D eigenvalue weighted by Crippen LogP contribution is 2.25. The number of nitrogens with two attached hydrogens (primary N) is 1. The topological polar surface area (TPSA) is 63.4 Å². The first-order valence-electron chi connectivity index (χ1n) is 5.47. The molecule has 1 saturated heterocycles. The first kappa shape index (κ1) is 12.9. The number of hydrogen-bond donors (Lipinski definition) is 1. The van der Waals surface area contributed by atoms with E-state index in [1.165, 1.54) is 0 Å². The van der Waals surface area contributed by atoms with Gasteiger partial charge in [-0.3, -0.25) is 4.90 Å². The third kappa shape index (κ3) is 2.71. The van der Waals surface area contributed by atoms with Crippen LogP contribution in [0.4, 0.5) is 0 Å². The lowest BCUT2D eigenvalue weighted by Crippen LogP contribution is -2.59. The van der Waals surface area contributed by atoms with E-state index in [-0.39, 0.29) is 17.0 Å². The fourth-order valence-electron chi connectivity index (χ4n) is 1.95. The molecular weight excluding hydrogens is 212 g/mol. The zero-order valence-corrected chi connectivity index (χ0v) is 10.7. The summed E-state index contributed by atoms with van der Waals surface area (Å²) in [6.07, 6.45) is 0. The Morgan fingerprint density at radius 3 is 2.13 bits per heavy atom. The van der Waals surface area contributed by atoms with Crippen molar-refractivity contribution < 1.29 is 8.42 Å². The van der Waals surface area contributed by atoms with E-state index in [0.717, 1.165) is 0 Å². The van der Waals surface area contributed by atoms with Crippen LogP contribution >= 0.6 is 0 Å². The summed E-state index contributed by atoms with van der Waals surface area (Å²) in [6, 6.07) is 0. The molecule has 0 bridgehead atoms. The van der Waals surface area contributed by atoms with Gasteiger partial charge in [0.25, 0.3) is 0 Å². The number of hydrogen-bond acceptors (Lipinski definition) is 4. The van der Waals surface area contributed by atoms with Gasteiger partial charge >= 0.3 is 0 Å². The van der Waals surface area contributed by atoms with Crippen molar-refractivity contribution in [3.8, 4) is 0 Å². The Morgan fingerprint density at radius 1 is 1.33 bits per heavy atom. The molecule has 1 unspecified atom stereocenters. The molecule has 15 heavy (non-hydrogen) atoms. The van der Waals surface area contributed by atoms with Gasteiger partial charge in [0.05, 0.1) is 11.5 Å². The van der Waals surface area contributed by atoms with Crippen molar-refractivity contribution in [2.24, 2.45) is 11.7 Å². The maximum atomic E-state index is 11.3. The summed E-state index contributed by atoms with van der Waals surface area (Å²) in [5.74, 6) is 0.980. The maximum Gasteiger partial charge on any atom is 0.152 e. The van der Waals surface area contributed by atoms with Gasteiger partial charge in [-0.2, -0.15) is 0 Å². The van der Waals surface area contributed by atoms with Gasteiger partial charge in [-0.05, 0) is 12.8 Å². The molecule has 5 heteroatoms. The molecule has 1 fully saturated rings. The lowest BCUT2D eigenvalue weighted by Gasteiger charge is -2.45. The lowest BCUT2D eigenvalue weighted by atomic mass is 9.86. The lowest BCUT2D eigenvalue weighted by molar-refractivity contribution is 0.0762. The predicted molar refractivity (Wildman–Crippen MR) is 62.5 cm³/mol. The summed E-state index contributed by atoms with van der Waals surface area (Å²) >= 11 is 0. The summed E-state index contributed by atoms with van der Waals surface area (Å²) in [7, 11) is -2.79. The maximum absolute atomic E-state index is 11.3. The first-order chi connectivity index (χ1) is 6.82. The van der Waals surface area contributed by atoms with Crippen LogP contribution in [0.3, 0.4) is 0 Å². The van der Waals surface area contributed by atoms with Crippen molar-refractivity contribution >= 4 is 9.84 Å². The van der Waals surface area contributed by atoms with E-state index < -0.39 is 9.84 Å². The molecule has 0 aromatic rings. The van der Waals surface area contributed by atoms with E-state index >= 15 is 0 Å². The molecule has 1 atom stereocenters. The Morgan fingerprint density at radius 2 is 1.80 bits per heavy atom. The third-order valence-corrected chi connectivity index (χ3v) is 5.33. The van der Waals surface area contributed by atoms with E-state index in [0.29, 0.717) is 25.6 Å². The van der Waals surface area contributed by atoms with Crippen molar-refractivity contribution in [3.05, 3.63) is 0 Å². The molecule has 0 radical (unpaired) electrons. The Labute approximate surface area is 92.7 Å². The van der Waals surface area contributed by atoms with E-state index in [1.807, 2.05) is 0 Å². The minimum atomic E-state index is -2.79. The van der Waals surface area contributed by atoms with Crippen LogP contribution in [0.1, 0.15) is 20.8 Å². The van der Waals surface area contributed by atoms with Gasteiger partial charge in [-0.1, -0.05) is 13.8 Å². The van der Waals surface area contributed by atoms with Gasteiger partial charge in [-0.25, -0.2) is 8.42 Å². The molecule has 1 rings (SSSR count). The van der Waals surface area contributed by atoms with Crippen LogP contribution in [0.5, 0.6) is 0 Å². The quantitative estimate of drug-likeness (QED) is 0.752. The number of rotatable bonds is 3. The average Bonchev–Trinajstić information content (AvgIpc) is 2.16. The monoisotopic (exact) mass is 234 g/mol. The van der Waals surface area contributed by atoms with Gasteiger partial charge < -0.3 is 5.73 Å². The standard InChI is InChI=1S/C10H22N2O2S/c1-9(2)10(3,8-11)12-4-6-15(13,14)7-5-12/h9H,4-8,11H2,1-3H3. The molecular formula is C10H22N2O2S. The molecule has 0 saturated carbocycles. The van der Waals surface area contributed by atoms with Crippen LogP contribution in [-0.2, 0) is 9.84 Å². The summed E-state index contributed by atoms with van der Waals surface area (Å²) in [5, 5.41) is 0. The average molecular weight is 234 g/mol. The van der Waals surface area contributed by atoms with Gasteiger partial charge in [0.1, 0.15) is 0 Å². The highest BCUT2D eigenvalue weighted by Gasteiger charge is 2.36. The van der Waals surface area contributed by atoms with Crippen LogP contribution in [0.15, 0.2) is 0 Å². The van der Waals surface area contributed by atoms with Crippen molar-refractivity contribution in [1.29, 1.82) is 0 Å².